The first-order valence-corrected chi connectivity index (χ1v) is 12.5. The molecular formula is C24H29ClN6OS. The van der Waals surface area contributed by atoms with E-state index in [1.165, 1.54) is 17.3 Å². The molecule has 0 atom stereocenters. The minimum atomic E-state index is 0.117. The largest absolute Gasteiger partial charge is 0.342 e. The van der Waals surface area contributed by atoms with E-state index in [-0.39, 0.29) is 11.9 Å². The molecule has 0 saturated carbocycles. The average Bonchev–Trinajstić information content (AvgIpc) is 3.32. The Hall–Kier alpha value is -2.42. The van der Waals surface area contributed by atoms with Crippen LogP contribution in [-0.2, 0) is 11.2 Å². The number of hydrogen-bond donors (Lipinski definition) is 0. The van der Waals surface area contributed by atoms with Gasteiger partial charge in [-0.1, -0.05) is 29.4 Å². The lowest BCUT2D eigenvalue weighted by molar-refractivity contribution is -0.129. The second kappa shape index (κ2) is 11.1. The first kappa shape index (κ1) is 23.7. The van der Waals surface area contributed by atoms with E-state index in [0.717, 1.165) is 50.1 Å². The van der Waals surface area contributed by atoms with Gasteiger partial charge in [0.15, 0.2) is 5.16 Å². The van der Waals surface area contributed by atoms with Crippen molar-refractivity contribution in [2.24, 2.45) is 0 Å². The molecule has 1 saturated heterocycles. The maximum atomic E-state index is 12.9. The van der Waals surface area contributed by atoms with E-state index in [2.05, 4.69) is 32.2 Å². The van der Waals surface area contributed by atoms with Crippen molar-refractivity contribution in [1.82, 2.24) is 29.5 Å². The van der Waals surface area contributed by atoms with Crippen molar-refractivity contribution in [3.05, 3.63) is 65.2 Å². The van der Waals surface area contributed by atoms with Crippen molar-refractivity contribution in [3.8, 4) is 5.69 Å². The topological polar surface area (TPSA) is 67.2 Å². The number of likely N-dealkylation sites (tertiary alicyclic amines) is 1. The third kappa shape index (κ3) is 6.13. The molecule has 174 valence electrons. The zero-order valence-corrected chi connectivity index (χ0v) is 20.6. The number of thioether (sulfide) groups is 1. The molecule has 1 aromatic carbocycles. The van der Waals surface area contributed by atoms with E-state index in [0.29, 0.717) is 15.9 Å². The Bertz CT molecular complexity index is 1070. The Morgan fingerprint density at radius 2 is 1.97 bits per heavy atom. The molecule has 7 nitrogen and oxygen atoms in total. The van der Waals surface area contributed by atoms with Crippen LogP contribution in [0.15, 0.2) is 54.2 Å². The van der Waals surface area contributed by atoms with Crippen LogP contribution in [0.2, 0.25) is 5.02 Å². The average molecular weight is 485 g/mol. The van der Waals surface area contributed by atoms with Crippen LogP contribution >= 0.6 is 23.4 Å². The fourth-order valence-electron chi connectivity index (χ4n) is 4.03. The van der Waals surface area contributed by atoms with Crippen molar-refractivity contribution < 1.29 is 4.79 Å². The molecule has 3 heterocycles. The van der Waals surface area contributed by atoms with Crippen LogP contribution in [0.4, 0.5) is 0 Å². The van der Waals surface area contributed by atoms with Gasteiger partial charge in [0.25, 0.3) is 0 Å². The van der Waals surface area contributed by atoms with E-state index in [9.17, 15) is 4.79 Å². The number of carbonyl (C=O) groups is 1. The van der Waals surface area contributed by atoms with Crippen molar-refractivity contribution in [2.75, 3.05) is 32.4 Å². The van der Waals surface area contributed by atoms with Gasteiger partial charge in [0.05, 0.1) is 11.4 Å². The predicted octanol–water partition coefficient (Wildman–Crippen LogP) is 3.88. The summed E-state index contributed by atoms with van der Waals surface area (Å²) in [4.78, 5) is 21.4. The summed E-state index contributed by atoms with van der Waals surface area (Å²) in [5, 5.41) is 9.60. The molecule has 3 aromatic rings. The summed E-state index contributed by atoms with van der Waals surface area (Å²) in [5.74, 6) is 0.448. The normalized spacial score (nSPS) is 15.0. The summed E-state index contributed by atoms with van der Waals surface area (Å²) in [7, 11) is 1.92. The zero-order valence-electron chi connectivity index (χ0n) is 19.0. The van der Waals surface area contributed by atoms with Crippen molar-refractivity contribution in [3.63, 3.8) is 0 Å². The number of benzene rings is 1. The van der Waals surface area contributed by atoms with Gasteiger partial charge in [-0.05, 0) is 61.6 Å². The third-order valence-corrected chi connectivity index (χ3v) is 7.57. The highest BCUT2D eigenvalue weighted by Gasteiger charge is 2.25. The smallest absolute Gasteiger partial charge is 0.233 e. The van der Waals surface area contributed by atoms with Crippen LogP contribution in [-0.4, -0.2) is 73.9 Å². The zero-order chi connectivity index (χ0) is 23.2. The first-order valence-electron chi connectivity index (χ1n) is 11.2. The van der Waals surface area contributed by atoms with Crippen LogP contribution in [0, 0.1) is 6.92 Å². The molecule has 0 unspecified atom stereocenters. The van der Waals surface area contributed by atoms with Crippen molar-refractivity contribution >= 4 is 29.3 Å². The number of piperidine rings is 1. The minimum absolute atomic E-state index is 0.117. The van der Waals surface area contributed by atoms with Crippen LogP contribution in [0.25, 0.3) is 5.69 Å². The summed E-state index contributed by atoms with van der Waals surface area (Å²) in [6.07, 6.45) is 8.38. The standard InChI is InChI=1S/C24H29ClN6OS/c1-18-3-4-21(15-22(18)25)31-17-27-28-24(31)33-16-23(32)29(2)20-8-13-30(14-9-20)12-7-19-5-10-26-11-6-19/h3-6,10-11,15,17,20H,7-9,12-14,16H2,1-2H3. The molecule has 1 fully saturated rings. The third-order valence-electron chi connectivity index (χ3n) is 6.24. The quantitative estimate of drug-likeness (QED) is 0.452. The SMILES string of the molecule is Cc1ccc(-n2cnnc2SCC(=O)N(C)C2CCN(CCc3ccncc3)CC2)cc1Cl. The van der Waals surface area contributed by atoms with E-state index in [1.54, 1.807) is 6.33 Å². The van der Waals surface area contributed by atoms with Gasteiger partial charge in [0, 0.05) is 50.1 Å². The number of halogens is 1. The fraction of sp³-hybridized carbons (Fsp3) is 0.417. The summed E-state index contributed by atoms with van der Waals surface area (Å²) >= 11 is 7.68. The molecule has 0 bridgehead atoms. The highest BCUT2D eigenvalue weighted by atomic mass is 35.5. The van der Waals surface area contributed by atoms with Crippen LogP contribution in [0.1, 0.15) is 24.0 Å². The fourth-order valence-corrected chi connectivity index (χ4v) is 5.06. The maximum Gasteiger partial charge on any atom is 0.233 e. The molecule has 2 aromatic heterocycles. The number of rotatable bonds is 8. The van der Waals surface area contributed by atoms with Crippen molar-refractivity contribution in [1.29, 1.82) is 0 Å². The Morgan fingerprint density at radius 3 is 2.70 bits per heavy atom. The highest BCUT2D eigenvalue weighted by molar-refractivity contribution is 7.99. The van der Waals surface area contributed by atoms with E-state index >= 15 is 0 Å². The number of hydrogen-bond acceptors (Lipinski definition) is 6. The molecule has 4 rings (SSSR count). The van der Waals surface area contributed by atoms with Gasteiger partial charge >= 0.3 is 0 Å². The molecule has 0 N–H and O–H groups in total. The Labute approximate surface area is 204 Å². The van der Waals surface area contributed by atoms with E-state index < -0.39 is 0 Å². The molecule has 1 amide bonds. The monoisotopic (exact) mass is 484 g/mol. The highest BCUT2D eigenvalue weighted by Crippen LogP contribution is 2.24. The lowest BCUT2D eigenvalue weighted by Gasteiger charge is -2.36. The number of amides is 1. The maximum absolute atomic E-state index is 12.9. The van der Waals surface area contributed by atoms with Crippen LogP contribution in [0.5, 0.6) is 0 Å². The molecular weight excluding hydrogens is 456 g/mol. The van der Waals surface area contributed by atoms with E-state index in [1.807, 2.05) is 54.0 Å². The molecule has 33 heavy (non-hydrogen) atoms. The van der Waals surface area contributed by atoms with Gasteiger partial charge in [0.1, 0.15) is 6.33 Å². The first-order chi connectivity index (χ1) is 16.0. The summed E-state index contributed by atoms with van der Waals surface area (Å²) in [6.45, 7) is 5.04. The Morgan fingerprint density at radius 1 is 1.21 bits per heavy atom. The van der Waals surface area contributed by atoms with Gasteiger partial charge in [-0.15, -0.1) is 10.2 Å². The Kier molecular flexibility index (Phi) is 8.01. The van der Waals surface area contributed by atoms with Gasteiger partial charge in [-0.25, -0.2) is 0 Å². The molecule has 1 aliphatic rings. The number of aromatic nitrogens is 4. The number of pyridine rings is 1. The molecule has 0 radical (unpaired) electrons. The van der Waals surface area contributed by atoms with Crippen molar-refractivity contribution in [2.45, 2.75) is 37.4 Å². The molecule has 9 heteroatoms. The lowest BCUT2D eigenvalue weighted by atomic mass is 10.0. The molecule has 0 spiro atoms. The summed E-state index contributed by atoms with van der Waals surface area (Å²) in [6, 6.07) is 10.3. The summed E-state index contributed by atoms with van der Waals surface area (Å²) < 4.78 is 1.87. The van der Waals surface area contributed by atoms with Crippen LogP contribution in [0.3, 0.4) is 0 Å². The second-order valence-corrected chi connectivity index (χ2v) is 9.74. The van der Waals surface area contributed by atoms with Gasteiger partial charge in [-0.3, -0.25) is 14.3 Å². The van der Waals surface area contributed by atoms with Gasteiger partial charge in [0.2, 0.25) is 5.91 Å². The number of carbonyl (C=O) groups excluding carboxylic acids is 1. The molecule has 0 aliphatic carbocycles. The number of aryl methyl sites for hydroxylation is 1. The lowest BCUT2D eigenvalue weighted by Crippen LogP contribution is -2.46. The van der Waals surface area contributed by atoms with Crippen LogP contribution < -0.4 is 0 Å². The van der Waals surface area contributed by atoms with Gasteiger partial charge < -0.3 is 9.80 Å². The van der Waals surface area contributed by atoms with Gasteiger partial charge in [-0.2, -0.15) is 0 Å². The molecule has 1 aliphatic heterocycles. The Balaban J connectivity index is 1.25. The minimum Gasteiger partial charge on any atom is -0.342 e. The number of nitrogens with zero attached hydrogens (tertiary/aromatic N) is 6. The second-order valence-electron chi connectivity index (χ2n) is 8.39. The predicted molar refractivity (Wildman–Crippen MR) is 132 cm³/mol. The van der Waals surface area contributed by atoms with E-state index in [4.69, 9.17) is 11.6 Å². The summed E-state index contributed by atoms with van der Waals surface area (Å²) in [5.41, 5.74) is 3.22.